The van der Waals surface area contributed by atoms with Crippen LogP contribution in [0.15, 0.2) is 59.2 Å². The number of hydrogen-bond donors (Lipinski definition) is 1. The van der Waals surface area contributed by atoms with Crippen LogP contribution in [-0.2, 0) is 7.05 Å². The van der Waals surface area contributed by atoms with Gasteiger partial charge in [0.25, 0.3) is 5.91 Å². The van der Waals surface area contributed by atoms with Gasteiger partial charge < -0.3 is 9.88 Å². The standard InChI is InChI=1S/C16H13BrN2O/c1-19-10-13(17)9-15(19)16(20)18-14-7-6-11-4-2-3-5-12(11)8-14/h2-10H,1H3,(H,18,20). The summed E-state index contributed by atoms with van der Waals surface area (Å²) in [5, 5.41) is 5.19. The van der Waals surface area contributed by atoms with Crippen molar-refractivity contribution >= 4 is 38.3 Å². The van der Waals surface area contributed by atoms with Gasteiger partial charge in [-0.2, -0.15) is 0 Å². The number of aromatic nitrogens is 1. The molecule has 0 aliphatic heterocycles. The van der Waals surface area contributed by atoms with Crippen molar-refractivity contribution in [3.8, 4) is 0 Å². The lowest BCUT2D eigenvalue weighted by Gasteiger charge is -2.07. The van der Waals surface area contributed by atoms with E-state index in [4.69, 9.17) is 0 Å². The first-order valence-electron chi connectivity index (χ1n) is 6.25. The summed E-state index contributed by atoms with van der Waals surface area (Å²) in [5.41, 5.74) is 1.41. The second kappa shape index (κ2) is 5.13. The van der Waals surface area contributed by atoms with Crippen LogP contribution in [0.1, 0.15) is 10.5 Å². The topological polar surface area (TPSA) is 34.0 Å². The van der Waals surface area contributed by atoms with Crippen LogP contribution < -0.4 is 5.32 Å². The van der Waals surface area contributed by atoms with Gasteiger partial charge in [-0.05, 0) is 44.9 Å². The molecule has 0 atom stereocenters. The van der Waals surface area contributed by atoms with E-state index in [9.17, 15) is 4.79 Å². The molecule has 2 aromatic carbocycles. The molecule has 3 nitrogen and oxygen atoms in total. The fourth-order valence-corrected chi connectivity index (χ4v) is 2.74. The van der Waals surface area contributed by atoms with Gasteiger partial charge in [0.2, 0.25) is 0 Å². The summed E-state index contributed by atoms with van der Waals surface area (Å²) in [7, 11) is 1.85. The third-order valence-electron chi connectivity index (χ3n) is 3.21. The second-order valence-electron chi connectivity index (χ2n) is 4.67. The minimum Gasteiger partial charge on any atom is -0.345 e. The van der Waals surface area contributed by atoms with Crippen LogP contribution in [0.2, 0.25) is 0 Å². The summed E-state index contributed by atoms with van der Waals surface area (Å²) in [6.07, 6.45) is 1.86. The van der Waals surface area contributed by atoms with Crippen LogP contribution >= 0.6 is 15.9 Å². The number of benzene rings is 2. The predicted molar refractivity (Wildman–Crippen MR) is 85.0 cm³/mol. The van der Waals surface area contributed by atoms with E-state index in [2.05, 4.69) is 27.3 Å². The van der Waals surface area contributed by atoms with Crippen LogP contribution in [0, 0.1) is 0 Å². The van der Waals surface area contributed by atoms with E-state index in [-0.39, 0.29) is 5.91 Å². The van der Waals surface area contributed by atoms with Gasteiger partial charge in [-0.3, -0.25) is 4.79 Å². The molecule has 3 aromatic rings. The van der Waals surface area contributed by atoms with Crippen molar-refractivity contribution in [3.05, 3.63) is 64.9 Å². The Bertz CT molecular complexity index is 792. The highest BCUT2D eigenvalue weighted by atomic mass is 79.9. The molecule has 20 heavy (non-hydrogen) atoms. The minimum absolute atomic E-state index is 0.117. The van der Waals surface area contributed by atoms with Crippen LogP contribution in [0.25, 0.3) is 10.8 Å². The zero-order valence-corrected chi connectivity index (χ0v) is 12.5. The van der Waals surface area contributed by atoms with Gasteiger partial charge in [-0.25, -0.2) is 0 Å². The first kappa shape index (κ1) is 12.9. The highest BCUT2D eigenvalue weighted by Gasteiger charge is 2.11. The van der Waals surface area contributed by atoms with E-state index in [1.54, 1.807) is 10.6 Å². The fourth-order valence-electron chi connectivity index (χ4n) is 2.21. The summed E-state index contributed by atoms with van der Waals surface area (Å²) in [6, 6.07) is 15.8. The third-order valence-corrected chi connectivity index (χ3v) is 3.65. The molecular formula is C16H13BrN2O. The molecule has 1 aromatic heterocycles. The van der Waals surface area contributed by atoms with E-state index in [0.29, 0.717) is 5.69 Å². The Morgan fingerprint density at radius 3 is 2.55 bits per heavy atom. The number of aryl methyl sites for hydroxylation is 1. The Morgan fingerprint density at radius 2 is 1.85 bits per heavy atom. The molecule has 0 unspecified atom stereocenters. The Labute approximate surface area is 125 Å². The summed E-state index contributed by atoms with van der Waals surface area (Å²) in [5.74, 6) is -0.117. The Balaban J connectivity index is 1.89. The van der Waals surface area contributed by atoms with E-state index in [1.807, 2.05) is 49.6 Å². The average Bonchev–Trinajstić information content (AvgIpc) is 2.78. The summed E-state index contributed by atoms with van der Waals surface area (Å²) < 4.78 is 2.68. The van der Waals surface area contributed by atoms with Crippen molar-refractivity contribution in [3.63, 3.8) is 0 Å². The maximum atomic E-state index is 12.2. The Kier molecular flexibility index (Phi) is 3.32. The lowest BCUT2D eigenvalue weighted by Crippen LogP contribution is -2.15. The maximum absolute atomic E-state index is 12.2. The number of hydrogen-bond acceptors (Lipinski definition) is 1. The number of nitrogens with zero attached hydrogens (tertiary/aromatic N) is 1. The summed E-state index contributed by atoms with van der Waals surface area (Å²) in [4.78, 5) is 12.2. The number of fused-ring (bicyclic) bond motifs is 1. The Morgan fingerprint density at radius 1 is 1.10 bits per heavy atom. The number of nitrogens with one attached hydrogen (secondary N) is 1. The van der Waals surface area contributed by atoms with Crippen LogP contribution in [0.4, 0.5) is 5.69 Å². The first-order valence-corrected chi connectivity index (χ1v) is 7.05. The van der Waals surface area contributed by atoms with E-state index in [0.717, 1.165) is 20.9 Å². The largest absolute Gasteiger partial charge is 0.345 e. The van der Waals surface area contributed by atoms with Crippen LogP contribution in [0.3, 0.4) is 0 Å². The number of amides is 1. The molecule has 0 bridgehead atoms. The van der Waals surface area contributed by atoms with E-state index in [1.165, 1.54) is 0 Å². The molecule has 4 heteroatoms. The normalized spacial score (nSPS) is 10.7. The van der Waals surface area contributed by atoms with E-state index < -0.39 is 0 Å². The average molecular weight is 329 g/mol. The number of rotatable bonds is 2. The highest BCUT2D eigenvalue weighted by molar-refractivity contribution is 9.10. The van der Waals surface area contributed by atoms with Crippen molar-refractivity contribution < 1.29 is 4.79 Å². The van der Waals surface area contributed by atoms with Crippen molar-refractivity contribution in [1.82, 2.24) is 4.57 Å². The van der Waals surface area contributed by atoms with Gasteiger partial charge in [0.1, 0.15) is 5.69 Å². The molecule has 3 rings (SSSR count). The molecule has 0 saturated heterocycles. The Hall–Kier alpha value is -2.07. The molecule has 100 valence electrons. The van der Waals surface area contributed by atoms with Gasteiger partial charge in [0.05, 0.1) is 0 Å². The van der Waals surface area contributed by atoms with Crippen molar-refractivity contribution in [2.75, 3.05) is 5.32 Å². The number of anilines is 1. The minimum atomic E-state index is -0.117. The van der Waals surface area contributed by atoms with Gasteiger partial charge in [0.15, 0.2) is 0 Å². The number of carbonyl (C=O) groups excluding carboxylic acids is 1. The van der Waals surface area contributed by atoms with Crippen LogP contribution in [0.5, 0.6) is 0 Å². The molecule has 1 heterocycles. The van der Waals surface area contributed by atoms with Gasteiger partial charge in [-0.15, -0.1) is 0 Å². The monoisotopic (exact) mass is 328 g/mol. The molecule has 0 aliphatic rings. The van der Waals surface area contributed by atoms with Gasteiger partial charge >= 0.3 is 0 Å². The number of halogens is 1. The van der Waals surface area contributed by atoms with Crippen molar-refractivity contribution in [2.45, 2.75) is 0 Å². The fraction of sp³-hybridized carbons (Fsp3) is 0.0625. The molecule has 1 N–H and O–H groups in total. The molecule has 0 fully saturated rings. The number of carbonyl (C=O) groups is 1. The molecular weight excluding hydrogens is 316 g/mol. The lowest BCUT2D eigenvalue weighted by atomic mass is 10.1. The molecule has 0 saturated carbocycles. The molecule has 1 amide bonds. The SMILES string of the molecule is Cn1cc(Br)cc1C(=O)Nc1ccc2ccccc2c1. The van der Waals surface area contributed by atoms with Gasteiger partial charge in [-0.1, -0.05) is 30.3 Å². The zero-order valence-electron chi connectivity index (χ0n) is 10.9. The summed E-state index contributed by atoms with van der Waals surface area (Å²) in [6.45, 7) is 0. The molecule has 0 spiro atoms. The third kappa shape index (κ3) is 2.47. The van der Waals surface area contributed by atoms with Crippen molar-refractivity contribution in [1.29, 1.82) is 0 Å². The van der Waals surface area contributed by atoms with E-state index >= 15 is 0 Å². The summed E-state index contributed by atoms with van der Waals surface area (Å²) >= 11 is 3.37. The van der Waals surface area contributed by atoms with Crippen LogP contribution in [-0.4, -0.2) is 10.5 Å². The maximum Gasteiger partial charge on any atom is 0.272 e. The van der Waals surface area contributed by atoms with Crippen molar-refractivity contribution in [2.24, 2.45) is 7.05 Å². The molecule has 0 aliphatic carbocycles. The molecule has 0 radical (unpaired) electrons. The zero-order chi connectivity index (χ0) is 14.1. The highest BCUT2D eigenvalue weighted by Crippen LogP contribution is 2.20. The smallest absolute Gasteiger partial charge is 0.272 e. The van der Waals surface area contributed by atoms with Gasteiger partial charge in [0, 0.05) is 23.4 Å². The quantitative estimate of drug-likeness (QED) is 0.751. The second-order valence-corrected chi connectivity index (χ2v) is 5.59. The predicted octanol–water partition coefficient (Wildman–Crippen LogP) is 4.19. The first-order chi connectivity index (χ1) is 9.63. The lowest BCUT2D eigenvalue weighted by molar-refractivity contribution is 0.101.